The van der Waals surface area contributed by atoms with E-state index >= 15 is 0 Å². The van der Waals surface area contributed by atoms with Gasteiger partial charge in [-0.2, -0.15) is 5.10 Å². The number of aliphatic imine (C=N–C) groups is 1. The average molecular weight is 405 g/mol. The molecule has 1 aromatic heterocycles. The van der Waals surface area contributed by atoms with Crippen LogP contribution in [-0.4, -0.2) is 28.7 Å². The maximum atomic E-state index is 12.2. The molecule has 0 fully saturated rings. The Hall–Kier alpha value is -3.61. The van der Waals surface area contributed by atoms with Crippen LogP contribution in [0.3, 0.4) is 0 Å². The molecule has 0 unspecified atom stereocenters. The van der Waals surface area contributed by atoms with Gasteiger partial charge in [-0.25, -0.2) is 0 Å². The Kier molecular flexibility index (Phi) is 7.21. The van der Waals surface area contributed by atoms with E-state index in [1.807, 2.05) is 24.3 Å². The fourth-order valence-corrected chi connectivity index (χ4v) is 3.13. The van der Waals surface area contributed by atoms with Crippen LogP contribution in [0.5, 0.6) is 0 Å². The molecule has 3 N–H and O–H groups in total. The lowest BCUT2D eigenvalue weighted by atomic mass is 10.1. The average Bonchev–Trinajstić information content (AvgIpc) is 3.22. The zero-order valence-electron chi connectivity index (χ0n) is 17.6. The molecule has 2 aromatic carbocycles. The number of aryl methyl sites for hydroxylation is 2. The number of guanidine groups is 1. The number of amides is 1. The molecule has 0 atom stereocenters. The van der Waals surface area contributed by atoms with Crippen molar-refractivity contribution in [3.8, 4) is 0 Å². The first-order chi connectivity index (χ1) is 14.5. The Labute approximate surface area is 177 Å². The Morgan fingerprint density at radius 3 is 2.63 bits per heavy atom. The Morgan fingerprint density at radius 1 is 1.07 bits per heavy atom. The van der Waals surface area contributed by atoms with Crippen molar-refractivity contribution in [2.75, 3.05) is 12.4 Å². The topological polar surface area (TPSA) is 83.3 Å². The molecule has 3 rings (SSSR count). The molecule has 0 spiro atoms. The first-order valence-electron chi connectivity index (χ1n) is 9.90. The van der Waals surface area contributed by atoms with Crippen molar-refractivity contribution in [2.24, 2.45) is 4.99 Å². The van der Waals surface area contributed by atoms with Crippen molar-refractivity contribution < 1.29 is 4.79 Å². The summed E-state index contributed by atoms with van der Waals surface area (Å²) >= 11 is 0. The van der Waals surface area contributed by atoms with Crippen molar-refractivity contribution in [3.05, 3.63) is 83.2 Å². The Balaban J connectivity index is 1.51. The largest absolute Gasteiger partial charge is 0.352 e. The third-order valence-electron chi connectivity index (χ3n) is 4.70. The number of benzene rings is 2. The quantitative estimate of drug-likeness (QED) is 0.418. The van der Waals surface area contributed by atoms with Gasteiger partial charge in [-0.1, -0.05) is 35.9 Å². The summed E-state index contributed by atoms with van der Waals surface area (Å²) in [6, 6.07) is 16.0. The maximum absolute atomic E-state index is 12.2. The summed E-state index contributed by atoms with van der Waals surface area (Å²) in [5.74, 6) is 0.609. The SMILES string of the molecule is CN=C(NCc1cccc(NC(=O)Cn2cccn2)c1)NCc1ccc(C)cc1C. The minimum Gasteiger partial charge on any atom is -0.352 e. The number of anilines is 1. The fraction of sp³-hybridized carbons (Fsp3) is 0.261. The number of nitrogens with one attached hydrogen (secondary N) is 3. The third-order valence-corrected chi connectivity index (χ3v) is 4.70. The molecule has 0 saturated carbocycles. The molecule has 0 aliphatic heterocycles. The van der Waals surface area contributed by atoms with Gasteiger partial charge in [-0.05, 0) is 48.7 Å². The van der Waals surface area contributed by atoms with Gasteiger partial charge in [0.15, 0.2) is 5.96 Å². The highest BCUT2D eigenvalue weighted by atomic mass is 16.2. The van der Waals surface area contributed by atoms with E-state index in [1.54, 1.807) is 30.2 Å². The molecule has 30 heavy (non-hydrogen) atoms. The van der Waals surface area contributed by atoms with E-state index in [9.17, 15) is 4.79 Å². The molecule has 1 amide bonds. The standard InChI is InChI=1S/C23H28N6O/c1-17-8-9-20(18(2)12-17)15-26-23(24-3)25-14-19-6-4-7-21(13-19)28-22(30)16-29-11-5-10-27-29/h4-13H,14-16H2,1-3H3,(H,28,30)(H2,24,25,26). The molecule has 0 radical (unpaired) electrons. The number of carbonyl (C=O) groups excluding carboxylic acids is 1. The second-order valence-electron chi connectivity index (χ2n) is 7.16. The van der Waals surface area contributed by atoms with Crippen molar-refractivity contribution in [1.82, 2.24) is 20.4 Å². The van der Waals surface area contributed by atoms with Crippen LogP contribution in [0.1, 0.15) is 22.3 Å². The summed E-state index contributed by atoms with van der Waals surface area (Å²) in [6.07, 6.45) is 3.41. The number of carbonyl (C=O) groups is 1. The molecule has 1 heterocycles. The van der Waals surface area contributed by atoms with Gasteiger partial charge in [0.1, 0.15) is 6.54 Å². The number of nitrogens with zero attached hydrogens (tertiary/aromatic N) is 3. The Bertz CT molecular complexity index is 1010. The highest BCUT2D eigenvalue weighted by Crippen LogP contribution is 2.12. The molecule has 7 nitrogen and oxygen atoms in total. The van der Waals surface area contributed by atoms with Gasteiger partial charge in [0.2, 0.25) is 5.91 Å². The number of aromatic nitrogens is 2. The van der Waals surface area contributed by atoms with Crippen LogP contribution in [-0.2, 0) is 24.4 Å². The highest BCUT2D eigenvalue weighted by Gasteiger charge is 2.06. The maximum Gasteiger partial charge on any atom is 0.246 e. The number of hydrogen-bond donors (Lipinski definition) is 3. The van der Waals surface area contributed by atoms with Crippen molar-refractivity contribution >= 4 is 17.6 Å². The highest BCUT2D eigenvalue weighted by molar-refractivity contribution is 5.90. The fourth-order valence-electron chi connectivity index (χ4n) is 3.13. The second kappa shape index (κ2) is 10.2. The van der Waals surface area contributed by atoms with E-state index in [4.69, 9.17) is 0 Å². The molecule has 7 heteroatoms. The lowest BCUT2D eigenvalue weighted by Crippen LogP contribution is -2.36. The van der Waals surface area contributed by atoms with Crippen molar-refractivity contribution in [3.63, 3.8) is 0 Å². The van der Waals surface area contributed by atoms with Crippen molar-refractivity contribution in [1.29, 1.82) is 0 Å². The minimum atomic E-state index is -0.116. The smallest absolute Gasteiger partial charge is 0.246 e. The molecule has 0 bridgehead atoms. The summed E-state index contributed by atoms with van der Waals surface area (Å²) in [4.78, 5) is 16.4. The van der Waals surface area contributed by atoms with Crippen LogP contribution in [0, 0.1) is 13.8 Å². The normalized spacial score (nSPS) is 11.2. The van der Waals surface area contributed by atoms with E-state index in [2.05, 4.69) is 58.1 Å². The third kappa shape index (κ3) is 6.20. The van der Waals surface area contributed by atoms with Crippen LogP contribution in [0.4, 0.5) is 5.69 Å². The Morgan fingerprint density at radius 2 is 1.90 bits per heavy atom. The van der Waals surface area contributed by atoms with E-state index in [0.717, 1.165) is 17.2 Å². The van der Waals surface area contributed by atoms with Gasteiger partial charge in [0.25, 0.3) is 0 Å². The van der Waals surface area contributed by atoms with E-state index in [0.29, 0.717) is 13.1 Å². The summed E-state index contributed by atoms with van der Waals surface area (Å²) in [5, 5.41) is 13.6. The zero-order chi connectivity index (χ0) is 21.3. The lowest BCUT2D eigenvalue weighted by molar-refractivity contribution is -0.116. The first kappa shape index (κ1) is 21.1. The lowest BCUT2D eigenvalue weighted by Gasteiger charge is -2.14. The van der Waals surface area contributed by atoms with E-state index in [1.165, 1.54) is 16.7 Å². The van der Waals surface area contributed by atoms with Crippen LogP contribution in [0.15, 0.2) is 65.9 Å². The first-order valence-corrected chi connectivity index (χ1v) is 9.90. The molecule has 156 valence electrons. The molecule has 3 aromatic rings. The predicted octanol–water partition coefficient (Wildman–Crippen LogP) is 3.00. The summed E-state index contributed by atoms with van der Waals surface area (Å²) in [5.41, 5.74) is 5.56. The van der Waals surface area contributed by atoms with Gasteiger partial charge in [0, 0.05) is 38.2 Å². The summed E-state index contributed by atoms with van der Waals surface area (Å²) in [6.45, 7) is 5.69. The molecular formula is C23H28N6O. The van der Waals surface area contributed by atoms with E-state index < -0.39 is 0 Å². The molecule has 0 saturated heterocycles. The van der Waals surface area contributed by atoms with Crippen molar-refractivity contribution in [2.45, 2.75) is 33.5 Å². The van der Waals surface area contributed by atoms with Gasteiger partial charge in [-0.3, -0.25) is 14.5 Å². The zero-order valence-corrected chi connectivity index (χ0v) is 17.6. The number of hydrogen-bond acceptors (Lipinski definition) is 3. The van der Waals surface area contributed by atoms with Crippen LogP contribution in [0.25, 0.3) is 0 Å². The monoisotopic (exact) mass is 404 g/mol. The second-order valence-corrected chi connectivity index (χ2v) is 7.16. The number of rotatable bonds is 7. The van der Waals surface area contributed by atoms with Gasteiger partial charge in [0.05, 0.1) is 0 Å². The summed E-state index contributed by atoms with van der Waals surface area (Å²) < 4.78 is 1.59. The van der Waals surface area contributed by atoms with Gasteiger partial charge >= 0.3 is 0 Å². The predicted molar refractivity (Wildman–Crippen MR) is 120 cm³/mol. The molecule has 0 aliphatic carbocycles. The van der Waals surface area contributed by atoms with Gasteiger partial charge in [-0.15, -0.1) is 0 Å². The van der Waals surface area contributed by atoms with E-state index in [-0.39, 0.29) is 12.5 Å². The molecule has 0 aliphatic rings. The van der Waals surface area contributed by atoms with Gasteiger partial charge < -0.3 is 16.0 Å². The van der Waals surface area contributed by atoms with Crippen LogP contribution >= 0.6 is 0 Å². The van der Waals surface area contributed by atoms with Crippen LogP contribution in [0.2, 0.25) is 0 Å². The van der Waals surface area contributed by atoms with Crippen LogP contribution < -0.4 is 16.0 Å². The minimum absolute atomic E-state index is 0.116. The summed E-state index contributed by atoms with van der Waals surface area (Å²) in [7, 11) is 1.75. The molecular weight excluding hydrogens is 376 g/mol.